The van der Waals surface area contributed by atoms with E-state index in [-0.39, 0.29) is 0 Å². The second-order valence-corrected chi connectivity index (χ2v) is 1.89. The Kier molecular flexibility index (Phi) is 4.23. The van der Waals surface area contributed by atoms with E-state index in [0.29, 0.717) is 0 Å². The van der Waals surface area contributed by atoms with Crippen LogP contribution in [0.3, 0.4) is 0 Å². The Balaban J connectivity index is 3.42. The Labute approximate surface area is 51.1 Å². The minimum absolute atomic E-state index is 0.879. The van der Waals surface area contributed by atoms with Crippen LogP contribution in [0, 0.1) is 0 Å². The molecule has 0 N–H and O–H groups in total. The summed E-state index contributed by atoms with van der Waals surface area (Å²) in [5.74, 6) is 0. The molecule has 0 amide bonds. The third-order valence-electron chi connectivity index (χ3n) is 0.696. The Morgan fingerprint density at radius 1 is 1.50 bits per heavy atom. The van der Waals surface area contributed by atoms with Gasteiger partial charge in [0.1, 0.15) is 0 Å². The van der Waals surface area contributed by atoms with Crippen LogP contribution in [0.4, 0.5) is 0 Å². The quantitative estimate of drug-likeness (QED) is 0.483. The fraction of sp³-hybridized carbons (Fsp3) is 0.571. The van der Waals surface area contributed by atoms with Crippen molar-refractivity contribution in [2.45, 2.75) is 20.8 Å². The summed E-state index contributed by atoms with van der Waals surface area (Å²) in [6, 6.07) is 0. The molecule has 0 atom stereocenters. The van der Waals surface area contributed by atoms with E-state index in [1.807, 2.05) is 19.2 Å². The topological polar surface area (TPSA) is 12.4 Å². The molecule has 0 aliphatic rings. The summed E-state index contributed by atoms with van der Waals surface area (Å²) in [6.45, 7) is 7.02. The molecular formula is C7H13N. The summed E-state index contributed by atoms with van der Waals surface area (Å²) in [5, 5.41) is 0. The highest BCUT2D eigenvalue weighted by atomic mass is 14.7. The molecule has 0 aliphatic carbocycles. The zero-order valence-corrected chi connectivity index (χ0v) is 5.81. The fourth-order valence-corrected chi connectivity index (χ4v) is 0.307. The van der Waals surface area contributed by atoms with E-state index in [2.05, 4.69) is 18.8 Å². The van der Waals surface area contributed by atoms with Gasteiger partial charge in [-0.3, -0.25) is 4.99 Å². The number of rotatable bonds is 2. The van der Waals surface area contributed by atoms with Crippen LogP contribution < -0.4 is 0 Å². The maximum atomic E-state index is 4.01. The Bertz CT molecular complexity index is 97.0. The van der Waals surface area contributed by atoms with Gasteiger partial charge in [-0.25, -0.2) is 0 Å². The normalized spacial score (nSPS) is 9.88. The molecule has 0 aliphatic heterocycles. The maximum absolute atomic E-state index is 4.01. The summed E-state index contributed by atoms with van der Waals surface area (Å²) in [7, 11) is 0. The molecule has 0 aromatic carbocycles. The smallest absolute Gasteiger partial charge is 0.0360 e. The van der Waals surface area contributed by atoms with E-state index in [1.54, 1.807) is 0 Å². The minimum atomic E-state index is 0.879. The molecule has 0 bridgehead atoms. The molecule has 0 aromatic heterocycles. The average molecular weight is 111 g/mol. The van der Waals surface area contributed by atoms with E-state index >= 15 is 0 Å². The highest BCUT2D eigenvalue weighted by molar-refractivity contribution is 5.71. The van der Waals surface area contributed by atoms with Crippen molar-refractivity contribution in [3.05, 3.63) is 11.6 Å². The highest BCUT2D eigenvalue weighted by Crippen LogP contribution is 1.83. The van der Waals surface area contributed by atoms with Crippen LogP contribution in [-0.2, 0) is 0 Å². The molecule has 0 saturated carbocycles. The van der Waals surface area contributed by atoms with Crippen molar-refractivity contribution in [2.24, 2.45) is 4.99 Å². The lowest BCUT2D eigenvalue weighted by Crippen LogP contribution is -1.70. The van der Waals surface area contributed by atoms with E-state index in [4.69, 9.17) is 0 Å². The number of hydrogen-bond donors (Lipinski definition) is 0. The van der Waals surface area contributed by atoms with Gasteiger partial charge < -0.3 is 0 Å². The molecule has 46 valence electrons. The zero-order chi connectivity index (χ0) is 6.41. The highest BCUT2D eigenvalue weighted by Gasteiger charge is 1.68. The lowest BCUT2D eigenvalue weighted by atomic mass is 10.3. The van der Waals surface area contributed by atoms with Gasteiger partial charge in [0.15, 0.2) is 0 Å². The Morgan fingerprint density at radius 3 is 2.50 bits per heavy atom. The summed E-state index contributed by atoms with van der Waals surface area (Å²) >= 11 is 0. The van der Waals surface area contributed by atoms with Gasteiger partial charge in [-0.15, -0.1) is 0 Å². The molecule has 0 spiro atoms. The van der Waals surface area contributed by atoms with Gasteiger partial charge in [0, 0.05) is 12.8 Å². The van der Waals surface area contributed by atoms with Crippen molar-refractivity contribution in [1.29, 1.82) is 0 Å². The molecule has 0 radical (unpaired) electrons. The monoisotopic (exact) mass is 111 g/mol. The molecule has 1 nitrogen and oxygen atoms in total. The predicted octanol–water partition coefficient (Wildman–Crippen LogP) is 2.04. The van der Waals surface area contributed by atoms with Crippen molar-refractivity contribution in [2.75, 3.05) is 6.54 Å². The van der Waals surface area contributed by atoms with E-state index < -0.39 is 0 Å². The first-order valence-corrected chi connectivity index (χ1v) is 2.90. The molecule has 0 saturated heterocycles. The largest absolute Gasteiger partial charge is 0.293 e. The van der Waals surface area contributed by atoms with Crippen LogP contribution in [0.2, 0.25) is 0 Å². The van der Waals surface area contributed by atoms with Crippen LogP contribution in [0.25, 0.3) is 0 Å². The van der Waals surface area contributed by atoms with Crippen LogP contribution in [0.15, 0.2) is 16.6 Å². The molecule has 0 aromatic rings. The van der Waals surface area contributed by atoms with Crippen molar-refractivity contribution < 1.29 is 0 Å². The van der Waals surface area contributed by atoms with Crippen LogP contribution >= 0.6 is 0 Å². The molecule has 0 rings (SSSR count). The van der Waals surface area contributed by atoms with Crippen LogP contribution in [-0.4, -0.2) is 12.8 Å². The Hall–Kier alpha value is -0.590. The SMILES string of the molecule is CC/N=C\C=C(C)C. The molecule has 0 fully saturated rings. The van der Waals surface area contributed by atoms with Crippen molar-refractivity contribution >= 4 is 6.21 Å². The lowest BCUT2D eigenvalue weighted by Gasteiger charge is -1.80. The van der Waals surface area contributed by atoms with Crippen LogP contribution in [0.5, 0.6) is 0 Å². The molecule has 8 heavy (non-hydrogen) atoms. The van der Waals surface area contributed by atoms with Crippen molar-refractivity contribution in [3.8, 4) is 0 Å². The number of nitrogens with zero attached hydrogens (tertiary/aromatic N) is 1. The second kappa shape index (κ2) is 4.57. The third-order valence-corrected chi connectivity index (χ3v) is 0.696. The zero-order valence-electron chi connectivity index (χ0n) is 5.81. The van der Waals surface area contributed by atoms with Gasteiger partial charge in [-0.1, -0.05) is 5.57 Å². The standard InChI is InChI=1S/C7H13N/c1-4-8-6-5-7(2)3/h5-6H,4H2,1-3H3/b8-6-. The second-order valence-electron chi connectivity index (χ2n) is 1.89. The summed E-state index contributed by atoms with van der Waals surface area (Å²) in [6.07, 6.45) is 3.85. The van der Waals surface area contributed by atoms with Gasteiger partial charge in [0.2, 0.25) is 0 Å². The van der Waals surface area contributed by atoms with Gasteiger partial charge in [-0.2, -0.15) is 0 Å². The third kappa shape index (κ3) is 5.41. The number of aliphatic imine (C=N–C) groups is 1. The number of allylic oxidation sites excluding steroid dienone is 2. The first-order chi connectivity index (χ1) is 3.77. The van der Waals surface area contributed by atoms with Gasteiger partial charge in [0.05, 0.1) is 0 Å². The van der Waals surface area contributed by atoms with Crippen LogP contribution in [0.1, 0.15) is 20.8 Å². The molecule has 1 heteroatoms. The lowest BCUT2D eigenvalue weighted by molar-refractivity contribution is 1.14. The van der Waals surface area contributed by atoms with E-state index in [0.717, 1.165) is 6.54 Å². The van der Waals surface area contributed by atoms with E-state index in [1.165, 1.54) is 5.57 Å². The number of hydrogen-bond acceptors (Lipinski definition) is 1. The average Bonchev–Trinajstić information content (AvgIpc) is 1.66. The Morgan fingerprint density at radius 2 is 2.12 bits per heavy atom. The van der Waals surface area contributed by atoms with Crippen molar-refractivity contribution in [1.82, 2.24) is 0 Å². The summed E-state index contributed by atoms with van der Waals surface area (Å²) in [5.41, 5.74) is 1.29. The fourth-order valence-electron chi connectivity index (χ4n) is 0.307. The molecular weight excluding hydrogens is 98.1 g/mol. The molecule has 0 unspecified atom stereocenters. The molecule has 0 heterocycles. The summed E-state index contributed by atoms with van der Waals surface area (Å²) < 4.78 is 0. The minimum Gasteiger partial charge on any atom is -0.293 e. The first kappa shape index (κ1) is 7.41. The summed E-state index contributed by atoms with van der Waals surface area (Å²) in [4.78, 5) is 4.01. The van der Waals surface area contributed by atoms with Gasteiger partial charge in [0.25, 0.3) is 0 Å². The van der Waals surface area contributed by atoms with Crippen molar-refractivity contribution in [3.63, 3.8) is 0 Å². The van der Waals surface area contributed by atoms with Gasteiger partial charge >= 0.3 is 0 Å². The maximum Gasteiger partial charge on any atom is 0.0360 e. The predicted molar refractivity (Wildman–Crippen MR) is 38.5 cm³/mol. The van der Waals surface area contributed by atoms with E-state index in [9.17, 15) is 0 Å². The van der Waals surface area contributed by atoms with Gasteiger partial charge in [-0.05, 0) is 26.8 Å². The first-order valence-electron chi connectivity index (χ1n) is 2.90.